The highest BCUT2D eigenvalue weighted by molar-refractivity contribution is 5.77. The van der Waals surface area contributed by atoms with E-state index in [9.17, 15) is 4.79 Å². The summed E-state index contributed by atoms with van der Waals surface area (Å²) in [6, 6.07) is 7.71. The molecule has 4 nitrogen and oxygen atoms in total. The van der Waals surface area contributed by atoms with Crippen LogP contribution in [0.5, 0.6) is 5.75 Å². The first-order valence-electron chi connectivity index (χ1n) is 7.84. The van der Waals surface area contributed by atoms with Crippen molar-refractivity contribution < 1.29 is 9.53 Å². The van der Waals surface area contributed by atoms with Crippen molar-refractivity contribution in [2.45, 2.75) is 33.6 Å². The summed E-state index contributed by atoms with van der Waals surface area (Å²) in [5.41, 5.74) is 1.18. The van der Waals surface area contributed by atoms with Crippen molar-refractivity contribution in [1.82, 2.24) is 10.2 Å². The Kier molecular flexibility index (Phi) is 8.51. The van der Waals surface area contributed by atoms with Gasteiger partial charge in [-0.1, -0.05) is 31.5 Å². The summed E-state index contributed by atoms with van der Waals surface area (Å²) in [6.07, 6.45) is 2.12. The molecule has 0 saturated carbocycles. The number of nitrogens with one attached hydrogen (secondary N) is 1. The van der Waals surface area contributed by atoms with Gasteiger partial charge in [-0.05, 0) is 51.5 Å². The molecule has 1 rings (SSSR count). The zero-order chi connectivity index (χ0) is 15.5. The van der Waals surface area contributed by atoms with Crippen LogP contribution in [0.15, 0.2) is 24.3 Å². The molecule has 0 heterocycles. The number of carbonyl (C=O) groups excluding carboxylic acids is 1. The van der Waals surface area contributed by atoms with E-state index in [1.165, 1.54) is 5.56 Å². The number of hydrogen-bond acceptors (Lipinski definition) is 3. The second-order valence-corrected chi connectivity index (χ2v) is 5.19. The zero-order valence-electron chi connectivity index (χ0n) is 13.5. The Labute approximate surface area is 128 Å². The predicted molar refractivity (Wildman–Crippen MR) is 86.7 cm³/mol. The second-order valence-electron chi connectivity index (χ2n) is 5.19. The van der Waals surface area contributed by atoms with E-state index in [1.54, 1.807) is 0 Å². The number of aryl methyl sites for hydroxylation is 1. The van der Waals surface area contributed by atoms with Crippen molar-refractivity contribution in [3.8, 4) is 5.75 Å². The van der Waals surface area contributed by atoms with Gasteiger partial charge < -0.3 is 15.0 Å². The molecule has 0 aromatic heterocycles. The molecular weight excluding hydrogens is 264 g/mol. The van der Waals surface area contributed by atoms with Gasteiger partial charge in [-0.3, -0.25) is 4.79 Å². The van der Waals surface area contributed by atoms with Crippen LogP contribution in [0.25, 0.3) is 0 Å². The van der Waals surface area contributed by atoms with E-state index in [0.29, 0.717) is 0 Å². The van der Waals surface area contributed by atoms with E-state index in [2.05, 4.69) is 24.1 Å². The summed E-state index contributed by atoms with van der Waals surface area (Å²) in [7, 11) is 0. The Morgan fingerprint density at radius 1 is 1.14 bits per heavy atom. The largest absolute Gasteiger partial charge is 0.484 e. The standard InChI is InChI=1S/C17H28N2O2/c1-4-19(5-2)13-7-6-12-18-17(20)14-21-16-10-8-15(3)9-11-16/h8-11H,4-7,12-14H2,1-3H3,(H,18,20). The Morgan fingerprint density at radius 3 is 2.43 bits per heavy atom. The lowest BCUT2D eigenvalue weighted by Gasteiger charge is -2.17. The SMILES string of the molecule is CCN(CC)CCCCNC(=O)COc1ccc(C)cc1. The van der Waals surface area contributed by atoms with Crippen LogP contribution in [-0.2, 0) is 4.79 Å². The third-order valence-corrected chi connectivity index (χ3v) is 3.51. The summed E-state index contributed by atoms with van der Waals surface area (Å²) in [6.45, 7) is 10.5. The molecule has 1 amide bonds. The Hall–Kier alpha value is -1.55. The average molecular weight is 292 g/mol. The fraction of sp³-hybridized carbons (Fsp3) is 0.588. The van der Waals surface area contributed by atoms with Gasteiger partial charge in [-0.15, -0.1) is 0 Å². The summed E-state index contributed by atoms with van der Waals surface area (Å²) < 4.78 is 5.43. The van der Waals surface area contributed by atoms with E-state index in [1.807, 2.05) is 31.2 Å². The molecule has 0 aliphatic carbocycles. The number of carbonyl (C=O) groups is 1. The first-order valence-corrected chi connectivity index (χ1v) is 7.84. The third kappa shape index (κ3) is 7.71. The van der Waals surface area contributed by atoms with Gasteiger partial charge in [0.2, 0.25) is 0 Å². The van der Waals surface area contributed by atoms with E-state index >= 15 is 0 Å². The molecule has 0 fully saturated rings. The number of rotatable bonds is 10. The number of nitrogens with zero attached hydrogens (tertiary/aromatic N) is 1. The van der Waals surface area contributed by atoms with Gasteiger partial charge in [0.05, 0.1) is 0 Å². The molecule has 0 spiro atoms. The van der Waals surface area contributed by atoms with E-state index in [0.717, 1.165) is 44.8 Å². The predicted octanol–water partition coefficient (Wildman–Crippen LogP) is 2.61. The van der Waals surface area contributed by atoms with Crippen LogP contribution in [0.1, 0.15) is 32.3 Å². The summed E-state index contributed by atoms with van der Waals surface area (Å²) in [4.78, 5) is 14.0. The Bertz CT molecular complexity index is 400. The lowest BCUT2D eigenvalue weighted by Crippen LogP contribution is -2.30. The topological polar surface area (TPSA) is 41.6 Å². The molecular formula is C17H28N2O2. The highest BCUT2D eigenvalue weighted by Gasteiger charge is 2.03. The molecule has 1 aromatic rings. The monoisotopic (exact) mass is 292 g/mol. The van der Waals surface area contributed by atoms with Crippen LogP contribution in [0.3, 0.4) is 0 Å². The van der Waals surface area contributed by atoms with Crippen LogP contribution in [0.2, 0.25) is 0 Å². The molecule has 4 heteroatoms. The van der Waals surface area contributed by atoms with Crippen molar-refractivity contribution in [2.75, 3.05) is 32.8 Å². The van der Waals surface area contributed by atoms with Crippen LogP contribution in [-0.4, -0.2) is 43.6 Å². The summed E-state index contributed by atoms with van der Waals surface area (Å²) >= 11 is 0. The maximum absolute atomic E-state index is 11.6. The van der Waals surface area contributed by atoms with E-state index in [-0.39, 0.29) is 12.5 Å². The average Bonchev–Trinajstić information content (AvgIpc) is 2.50. The van der Waals surface area contributed by atoms with E-state index in [4.69, 9.17) is 4.74 Å². The van der Waals surface area contributed by atoms with Crippen molar-refractivity contribution in [3.63, 3.8) is 0 Å². The summed E-state index contributed by atoms with van der Waals surface area (Å²) in [5.74, 6) is 0.677. The van der Waals surface area contributed by atoms with Crippen LogP contribution in [0.4, 0.5) is 0 Å². The minimum atomic E-state index is -0.0570. The highest BCUT2D eigenvalue weighted by atomic mass is 16.5. The van der Waals surface area contributed by atoms with Gasteiger partial charge in [0.25, 0.3) is 5.91 Å². The molecule has 1 N–H and O–H groups in total. The normalized spacial score (nSPS) is 10.7. The molecule has 118 valence electrons. The molecule has 0 aliphatic rings. The maximum atomic E-state index is 11.6. The molecule has 0 bridgehead atoms. The number of unbranched alkanes of at least 4 members (excludes halogenated alkanes) is 1. The zero-order valence-corrected chi connectivity index (χ0v) is 13.5. The van der Waals surface area contributed by atoms with Gasteiger partial charge in [-0.25, -0.2) is 0 Å². The maximum Gasteiger partial charge on any atom is 0.257 e. The van der Waals surface area contributed by atoms with Crippen LogP contribution in [0, 0.1) is 6.92 Å². The minimum Gasteiger partial charge on any atom is -0.484 e. The fourth-order valence-electron chi connectivity index (χ4n) is 2.06. The quantitative estimate of drug-likeness (QED) is 0.674. The van der Waals surface area contributed by atoms with Crippen molar-refractivity contribution in [1.29, 1.82) is 0 Å². The first kappa shape index (κ1) is 17.5. The van der Waals surface area contributed by atoms with Crippen LogP contribution < -0.4 is 10.1 Å². The molecule has 21 heavy (non-hydrogen) atoms. The second kappa shape index (κ2) is 10.2. The molecule has 0 aliphatic heterocycles. The lowest BCUT2D eigenvalue weighted by molar-refractivity contribution is -0.123. The van der Waals surface area contributed by atoms with Gasteiger partial charge >= 0.3 is 0 Å². The van der Waals surface area contributed by atoms with Gasteiger partial charge in [0.15, 0.2) is 6.61 Å². The molecule has 0 saturated heterocycles. The number of ether oxygens (including phenoxy) is 1. The van der Waals surface area contributed by atoms with Gasteiger partial charge in [0.1, 0.15) is 5.75 Å². The van der Waals surface area contributed by atoms with Gasteiger partial charge in [-0.2, -0.15) is 0 Å². The first-order chi connectivity index (χ1) is 10.2. The van der Waals surface area contributed by atoms with Crippen molar-refractivity contribution in [2.24, 2.45) is 0 Å². The van der Waals surface area contributed by atoms with Crippen molar-refractivity contribution >= 4 is 5.91 Å². The number of amides is 1. The summed E-state index contributed by atoms with van der Waals surface area (Å²) in [5, 5.41) is 2.89. The smallest absolute Gasteiger partial charge is 0.257 e. The number of benzene rings is 1. The molecule has 0 unspecified atom stereocenters. The molecule has 0 radical (unpaired) electrons. The van der Waals surface area contributed by atoms with E-state index < -0.39 is 0 Å². The Morgan fingerprint density at radius 2 is 1.81 bits per heavy atom. The van der Waals surface area contributed by atoms with Crippen molar-refractivity contribution in [3.05, 3.63) is 29.8 Å². The van der Waals surface area contributed by atoms with Crippen LogP contribution >= 0.6 is 0 Å². The molecule has 1 aromatic carbocycles. The number of hydrogen-bond donors (Lipinski definition) is 1. The lowest BCUT2D eigenvalue weighted by atomic mass is 10.2. The molecule has 0 atom stereocenters. The third-order valence-electron chi connectivity index (χ3n) is 3.51. The Balaban J connectivity index is 2.07. The van der Waals surface area contributed by atoms with Gasteiger partial charge in [0, 0.05) is 6.54 Å². The minimum absolute atomic E-state index is 0.0570. The highest BCUT2D eigenvalue weighted by Crippen LogP contribution is 2.10. The fourth-order valence-corrected chi connectivity index (χ4v) is 2.06.